The molecule has 2 N–H and O–H groups in total. The fourth-order valence-corrected chi connectivity index (χ4v) is 4.06. The number of amides is 1. The number of H-pyrrole nitrogens is 1. The summed E-state index contributed by atoms with van der Waals surface area (Å²) in [6.45, 7) is 0.509. The monoisotopic (exact) mass is 406 g/mol. The molecule has 0 fully saturated rings. The predicted molar refractivity (Wildman–Crippen MR) is 122 cm³/mol. The van der Waals surface area contributed by atoms with Crippen LogP contribution in [0.2, 0.25) is 0 Å². The van der Waals surface area contributed by atoms with Gasteiger partial charge in [-0.2, -0.15) is 0 Å². The van der Waals surface area contributed by atoms with Crippen LogP contribution in [0.5, 0.6) is 0 Å². The van der Waals surface area contributed by atoms with Gasteiger partial charge in [-0.05, 0) is 36.4 Å². The molecule has 3 heterocycles. The van der Waals surface area contributed by atoms with Gasteiger partial charge in [0.2, 0.25) is 5.91 Å². The molecule has 3 aromatic heterocycles. The molecule has 7 heteroatoms. The van der Waals surface area contributed by atoms with Crippen molar-refractivity contribution in [3.8, 4) is 0 Å². The molecule has 6 aromatic rings. The summed E-state index contributed by atoms with van der Waals surface area (Å²) in [5, 5.41) is 4.02. The molecule has 0 atom stereocenters. The third-order valence-electron chi connectivity index (χ3n) is 5.52. The summed E-state index contributed by atoms with van der Waals surface area (Å²) in [6.07, 6.45) is 1.96. The van der Waals surface area contributed by atoms with Gasteiger partial charge in [0.1, 0.15) is 5.52 Å². The van der Waals surface area contributed by atoms with Crippen LogP contribution < -0.4 is 5.32 Å². The number of aryl methyl sites for hydroxylation is 1. The average molecular weight is 406 g/mol. The van der Waals surface area contributed by atoms with Gasteiger partial charge in [-0.3, -0.25) is 4.79 Å². The molecule has 0 spiro atoms. The number of fused-ring (bicyclic) bond motifs is 5. The number of hydrogen-bond donors (Lipinski definition) is 2. The maximum absolute atomic E-state index is 12.7. The number of carbonyl (C=O) groups is 1. The quantitative estimate of drug-likeness (QED) is 0.446. The lowest BCUT2D eigenvalue weighted by atomic mass is 10.2. The molecule has 0 unspecified atom stereocenters. The number of nitrogens with one attached hydrogen (secondary N) is 2. The Bertz CT molecular complexity index is 1600. The minimum absolute atomic E-state index is 0.0569. The zero-order valence-corrected chi connectivity index (χ0v) is 16.5. The largest absolute Gasteiger partial charge is 0.345 e. The molecule has 0 saturated heterocycles. The summed E-state index contributed by atoms with van der Waals surface area (Å²) in [6, 6.07) is 21.6. The van der Waals surface area contributed by atoms with E-state index in [9.17, 15) is 4.79 Å². The van der Waals surface area contributed by atoms with E-state index in [1.807, 2.05) is 60.7 Å². The lowest BCUT2D eigenvalue weighted by Crippen LogP contribution is -2.14. The first-order valence-electron chi connectivity index (χ1n) is 10.1. The van der Waals surface area contributed by atoms with Gasteiger partial charge in [-0.15, -0.1) is 0 Å². The molecule has 0 bridgehead atoms. The highest BCUT2D eigenvalue weighted by atomic mass is 16.1. The first kappa shape index (κ1) is 17.6. The van der Waals surface area contributed by atoms with Crippen molar-refractivity contribution in [2.24, 2.45) is 0 Å². The second-order valence-electron chi connectivity index (χ2n) is 7.49. The second-order valence-corrected chi connectivity index (χ2v) is 7.49. The van der Waals surface area contributed by atoms with E-state index in [-0.39, 0.29) is 5.91 Å². The number of aromatic nitrogens is 5. The van der Waals surface area contributed by atoms with E-state index in [0.29, 0.717) is 13.0 Å². The fourth-order valence-electron chi connectivity index (χ4n) is 4.06. The van der Waals surface area contributed by atoms with Crippen LogP contribution in [0, 0.1) is 0 Å². The molecular formula is C24H18N6O. The highest BCUT2D eigenvalue weighted by molar-refractivity contribution is 6.06. The van der Waals surface area contributed by atoms with Crippen LogP contribution in [0.3, 0.4) is 0 Å². The van der Waals surface area contributed by atoms with Crippen molar-refractivity contribution in [1.82, 2.24) is 24.5 Å². The third-order valence-corrected chi connectivity index (χ3v) is 5.52. The second kappa shape index (κ2) is 6.91. The Morgan fingerprint density at radius 1 is 0.935 bits per heavy atom. The molecule has 0 aliphatic rings. The standard InChI is InChI=1S/C24H18N6O/c31-22(27-15-9-10-17-20(13-15)26-14-25-17)11-12-30-21-8-4-1-5-16(21)23-24(30)29-19-7-3-2-6-18(19)28-23/h1-10,13-14H,11-12H2,(H,25,26)(H,27,31). The van der Waals surface area contributed by atoms with Crippen molar-refractivity contribution in [1.29, 1.82) is 0 Å². The van der Waals surface area contributed by atoms with Crippen LogP contribution in [0.25, 0.3) is 44.1 Å². The number of aromatic amines is 1. The smallest absolute Gasteiger partial charge is 0.226 e. The van der Waals surface area contributed by atoms with Gasteiger partial charge in [0.25, 0.3) is 0 Å². The van der Waals surface area contributed by atoms with Crippen LogP contribution in [-0.4, -0.2) is 30.4 Å². The van der Waals surface area contributed by atoms with E-state index >= 15 is 0 Å². The van der Waals surface area contributed by atoms with Gasteiger partial charge < -0.3 is 14.9 Å². The maximum atomic E-state index is 12.7. The molecule has 6 rings (SSSR count). The van der Waals surface area contributed by atoms with Gasteiger partial charge in [0.05, 0.1) is 33.9 Å². The molecule has 31 heavy (non-hydrogen) atoms. The molecule has 0 radical (unpaired) electrons. The number of benzene rings is 3. The SMILES string of the molecule is O=C(CCn1c2ccccc2c2nc3ccccc3nc21)Nc1ccc2nc[nH]c2c1. The van der Waals surface area contributed by atoms with Gasteiger partial charge in [0.15, 0.2) is 5.65 Å². The molecular weight excluding hydrogens is 388 g/mol. The number of rotatable bonds is 4. The van der Waals surface area contributed by atoms with Crippen molar-refractivity contribution < 1.29 is 4.79 Å². The van der Waals surface area contributed by atoms with Crippen molar-refractivity contribution in [3.05, 3.63) is 73.1 Å². The van der Waals surface area contributed by atoms with Crippen LogP contribution in [0.4, 0.5) is 5.69 Å². The van der Waals surface area contributed by atoms with Crippen LogP contribution >= 0.6 is 0 Å². The number of hydrogen-bond acceptors (Lipinski definition) is 4. The van der Waals surface area contributed by atoms with Crippen molar-refractivity contribution >= 4 is 55.7 Å². The van der Waals surface area contributed by atoms with E-state index in [0.717, 1.165) is 49.8 Å². The molecule has 3 aromatic carbocycles. The maximum Gasteiger partial charge on any atom is 0.226 e. The Morgan fingerprint density at radius 2 is 1.74 bits per heavy atom. The molecule has 1 amide bonds. The summed E-state index contributed by atoms with van der Waals surface area (Å²) in [4.78, 5) is 29.7. The zero-order chi connectivity index (χ0) is 20.8. The Labute approximate surface area is 176 Å². The third kappa shape index (κ3) is 2.98. The summed E-state index contributed by atoms with van der Waals surface area (Å²) < 4.78 is 2.09. The van der Waals surface area contributed by atoms with Gasteiger partial charge in [0, 0.05) is 24.0 Å². The average Bonchev–Trinajstić information content (AvgIpc) is 3.38. The minimum atomic E-state index is -0.0569. The van der Waals surface area contributed by atoms with E-state index in [1.165, 1.54) is 0 Å². The summed E-state index contributed by atoms with van der Waals surface area (Å²) in [7, 11) is 0. The van der Waals surface area contributed by atoms with Gasteiger partial charge in [-0.25, -0.2) is 15.0 Å². The summed E-state index contributed by atoms with van der Waals surface area (Å²) in [5.41, 5.74) is 6.90. The molecule has 7 nitrogen and oxygen atoms in total. The Morgan fingerprint density at radius 3 is 2.65 bits per heavy atom. The number of anilines is 1. The summed E-state index contributed by atoms with van der Waals surface area (Å²) in [5.74, 6) is -0.0569. The highest BCUT2D eigenvalue weighted by Gasteiger charge is 2.15. The number of imidazole rings is 1. The van der Waals surface area contributed by atoms with Crippen LogP contribution in [0.15, 0.2) is 73.1 Å². The highest BCUT2D eigenvalue weighted by Crippen LogP contribution is 2.28. The van der Waals surface area contributed by atoms with E-state index in [4.69, 9.17) is 9.97 Å². The topological polar surface area (TPSA) is 88.5 Å². The first-order chi connectivity index (χ1) is 15.3. The van der Waals surface area contributed by atoms with E-state index in [1.54, 1.807) is 6.33 Å². The first-order valence-corrected chi connectivity index (χ1v) is 10.1. The lowest BCUT2D eigenvalue weighted by Gasteiger charge is -2.08. The molecule has 150 valence electrons. The van der Waals surface area contributed by atoms with Crippen molar-refractivity contribution in [3.63, 3.8) is 0 Å². The number of nitrogens with zero attached hydrogens (tertiary/aromatic N) is 4. The molecule has 0 aliphatic carbocycles. The van der Waals surface area contributed by atoms with Gasteiger partial charge >= 0.3 is 0 Å². The normalized spacial score (nSPS) is 11.6. The number of para-hydroxylation sites is 3. The Hall–Kier alpha value is -4.26. The Balaban J connectivity index is 1.33. The zero-order valence-electron chi connectivity index (χ0n) is 16.5. The minimum Gasteiger partial charge on any atom is -0.345 e. The van der Waals surface area contributed by atoms with Crippen LogP contribution in [0.1, 0.15) is 6.42 Å². The fraction of sp³-hybridized carbons (Fsp3) is 0.0833. The summed E-state index contributed by atoms with van der Waals surface area (Å²) >= 11 is 0. The van der Waals surface area contributed by atoms with Crippen molar-refractivity contribution in [2.45, 2.75) is 13.0 Å². The Kier molecular flexibility index (Phi) is 3.92. The van der Waals surface area contributed by atoms with Gasteiger partial charge in [-0.1, -0.05) is 30.3 Å². The number of carbonyl (C=O) groups excluding carboxylic acids is 1. The van der Waals surface area contributed by atoms with Crippen molar-refractivity contribution in [2.75, 3.05) is 5.32 Å². The lowest BCUT2D eigenvalue weighted by molar-refractivity contribution is -0.116. The van der Waals surface area contributed by atoms with E-state index in [2.05, 4.69) is 25.9 Å². The molecule has 0 saturated carbocycles. The predicted octanol–water partition coefficient (Wildman–Crippen LogP) is 4.64. The van der Waals surface area contributed by atoms with E-state index < -0.39 is 0 Å². The molecule has 0 aliphatic heterocycles. The van der Waals surface area contributed by atoms with Crippen LogP contribution in [-0.2, 0) is 11.3 Å².